The first-order chi connectivity index (χ1) is 8.49. The highest BCUT2D eigenvalue weighted by Gasteiger charge is 2.14. The van der Waals surface area contributed by atoms with E-state index in [0.717, 1.165) is 5.56 Å². The average Bonchev–Trinajstić information content (AvgIpc) is 2.34. The lowest BCUT2D eigenvalue weighted by atomic mass is 10.0. The summed E-state index contributed by atoms with van der Waals surface area (Å²) in [5, 5.41) is 0.383. The molecule has 0 aliphatic carbocycles. The fourth-order valence-corrected chi connectivity index (χ4v) is 2.30. The van der Waals surface area contributed by atoms with Crippen molar-refractivity contribution in [1.82, 2.24) is 0 Å². The molecule has 0 spiro atoms. The Kier molecular flexibility index (Phi) is 3.73. The van der Waals surface area contributed by atoms with Gasteiger partial charge in [-0.3, -0.25) is 4.79 Å². The maximum atomic E-state index is 12.3. The van der Waals surface area contributed by atoms with E-state index in [1.165, 1.54) is 0 Å². The quantitative estimate of drug-likeness (QED) is 0.664. The summed E-state index contributed by atoms with van der Waals surface area (Å²) in [7, 11) is 0. The van der Waals surface area contributed by atoms with Crippen LogP contribution >= 0.6 is 27.5 Å². The zero-order valence-corrected chi connectivity index (χ0v) is 12.0. The first-order valence-corrected chi connectivity index (χ1v) is 6.52. The van der Waals surface area contributed by atoms with Crippen molar-refractivity contribution in [2.24, 2.45) is 0 Å². The van der Waals surface area contributed by atoms with Gasteiger partial charge in [0.15, 0.2) is 5.78 Å². The van der Waals surface area contributed by atoms with Crippen LogP contribution in [0.25, 0.3) is 0 Å². The van der Waals surface area contributed by atoms with E-state index in [2.05, 4.69) is 15.9 Å². The van der Waals surface area contributed by atoms with E-state index in [-0.39, 0.29) is 5.78 Å². The van der Waals surface area contributed by atoms with E-state index >= 15 is 0 Å². The standard InChI is InChI=1S/C14H11BrClNO/c1-8-2-4-9(5-3-8)14(18)10-6-12(16)13(17)7-11(10)15/h2-7H,17H2,1H3. The molecule has 18 heavy (non-hydrogen) atoms. The summed E-state index contributed by atoms with van der Waals surface area (Å²) in [5.41, 5.74) is 8.37. The molecule has 0 fully saturated rings. The molecule has 0 radical (unpaired) electrons. The highest BCUT2D eigenvalue weighted by Crippen LogP contribution is 2.29. The van der Waals surface area contributed by atoms with E-state index in [9.17, 15) is 4.79 Å². The Bertz CT molecular complexity index is 608. The van der Waals surface area contributed by atoms with Crippen LogP contribution in [0.3, 0.4) is 0 Å². The third-order valence-corrected chi connectivity index (χ3v) is 3.63. The summed E-state index contributed by atoms with van der Waals surface area (Å²) in [6.45, 7) is 1.98. The highest BCUT2D eigenvalue weighted by molar-refractivity contribution is 9.10. The summed E-state index contributed by atoms with van der Waals surface area (Å²) in [6, 6.07) is 10.6. The van der Waals surface area contributed by atoms with Crippen molar-refractivity contribution in [3.05, 3.63) is 62.6 Å². The van der Waals surface area contributed by atoms with Crippen LogP contribution in [0.5, 0.6) is 0 Å². The molecule has 2 aromatic rings. The van der Waals surface area contributed by atoms with Crippen molar-refractivity contribution in [2.45, 2.75) is 6.92 Å². The van der Waals surface area contributed by atoms with Crippen LogP contribution in [0, 0.1) is 6.92 Å². The third kappa shape index (κ3) is 2.57. The Morgan fingerprint density at radius 2 is 1.83 bits per heavy atom. The number of hydrogen-bond acceptors (Lipinski definition) is 2. The first kappa shape index (κ1) is 13.1. The van der Waals surface area contributed by atoms with E-state index in [1.807, 2.05) is 19.1 Å². The Morgan fingerprint density at radius 3 is 2.44 bits per heavy atom. The van der Waals surface area contributed by atoms with Crippen LogP contribution in [-0.2, 0) is 0 Å². The van der Waals surface area contributed by atoms with Crippen LogP contribution in [-0.4, -0.2) is 5.78 Å². The van der Waals surface area contributed by atoms with E-state index < -0.39 is 0 Å². The minimum absolute atomic E-state index is 0.0798. The predicted molar refractivity (Wildman–Crippen MR) is 78.2 cm³/mol. The number of anilines is 1. The van der Waals surface area contributed by atoms with Crippen molar-refractivity contribution in [3.8, 4) is 0 Å². The molecule has 0 aliphatic rings. The fourth-order valence-electron chi connectivity index (χ4n) is 1.60. The van der Waals surface area contributed by atoms with Crippen molar-refractivity contribution in [2.75, 3.05) is 5.73 Å². The van der Waals surface area contributed by atoms with Crippen LogP contribution < -0.4 is 5.73 Å². The molecule has 2 rings (SSSR count). The lowest BCUT2D eigenvalue weighted by Gasteiger charge is -2.07. The van der Waals surface area contributed by atoms with E-state index in [0.29, 0.717) is 26.3 Å². The molecule has 0 amide bonds. The van der Waals surface area contributed by atoms with Gasteiger partial charge in [-0.25, -0.2) is 0 Å². The van der Waals surface area contributed by atoms with Gasteiger partial charge in [0.05, 0.1) is 10.7 Å². The molecule has 0 unspecified atom stereocenters. The molecule has 0 saturated carbocycles. The SMILES string of the molecule is Cc1ccc(C(=O)c2cc(Cl)c(N)cc2Br)cc1. The summed E-state index contributed by atoms with van der Waals surface area (Å²) in [4.78, 5) is 12.3. The predicted octanol–water partition coefficient (Wildman–Crippen LogP) is 4.22. The van der Waals surface area contributed by atoms with Gasteiger partial charge in [-0.15, -0.1) is 0 Å². The third-order valence-electron chi connectivity index (χ3n) is 2.64. The zero-order valence-electron chi connectivity index (χ0n) is 9.71. The number of benzene rings is 2. The van der Waals surface area contributed by atoms with Gasteiger partial charge >= 0.3 is 0 Å². The van der Waals surface area contributed by atoms with E-state index in [1.54, 1.807) is 24.3 Å². The topological polar surface area (TPSA) is 43.1 Å². The smallest absolute Gasteiger partial charge is 0.194 e. The maximum Gasteiger partial charge on any atom is 0.194 e. The second-order valence-electron chi connectivity index (χ2n) is 4.05. The Morgan fingerprint density at radius 1 is 1.22 bits per heavy atom. The van der Waals surface area contributed by atoms with Crippen LogP contribution in [0.1, 0.15) is 21.5 Å². The fraction of sp³-hybridized carbons (Fsp3) is 0.0714. The van der Waals surface area contributed by atoms with Crippen LogP contribution in [0.2, 0.25) is 5.02 Å². The number of aryl methyl sites for hydroxylation is 1. The minimum Gasteiger partial charge on any atom is -0.397 e. The minimum atomic E-state index is -0.0798. The number of hydrogen-bond donors (Lipinski definition) is 1. The Hall–Kier alpha value is -1.32. The van der Waals surface area contributed by atoms with Gasteiger partial charge in [-0.1, -0.05) is 41.4 Å². The molecule has 92 valence electrons. The molecule has 2 aromatic carbocycles. The molecule has 0 aromatic heterocycles. The van der Waals surface area contributed by atoms with Gasteiger partial charge in [0, 0.05) is 15.6 Å². The molecule has 0 aliphatic heterocycles. The van der Waals surface area contributed by atoms with Gasteiger partial charge in [-0.2, -0.15) is 0 Å². The normalized spacial score (nSPS) is 10.4. The number of rotatable bonds is 2. The summed E-state index contributed by atoms with van der Waals surface area (Å²) in [6.07, 6.45) is 0. The molecule has 0 bridgehead atoms. The number of nitrogen functional groups attached to an aromatic ring is 1. The number of ketones is 1. The monoisotopic (exact) mass is 323 g/mol. The molecule has 0 heterocycles. The largest absolute Gasteiger partial charge is 0.397 e. The molecular weight excluding hydrogens is 314 g/mol. The number of carbonyl (C=O) groups is 1. The number of nitrogens with two attached hydrogens (primary N) is 1. The second-order valence-corrected chi connectivity index (χ2v) is 5.31. The maximum absolute atomic E-state index is 12.3. The van der Waals surface area contributed by atoms with Gasteiger partial charge in [0.2, 0.25) is 0 Å². The second kappa shape index (κ2) is 5.12. The molecule has 0 atom stereocenters. The molecular formula is C14H11BrClNO. The van der Waals surface area contributed by atoms with Crippen LogP contribution in [0.15, 0.2) is 40.9 Å². The lowest BCUT2D eigenvalue weighted by molar-refractivity contribution is 0.103. The van der Waals surface area contributed by atoms with Gasteiger partial charge in [-0.05, 0) is 35.0 Å². The van der Waals surface area contributed by atoms with Crippen LogP contribution in [0.4, 0.5) is 5.69 Å². The van der Waals surface area contributed by atoms with Crippen molar-refractivity contribution in [3.63, 3.8) is 0 Å². The number of carbonyl (C=O) groups excluding carboxylic acids is 1. The lowest BCUT2D eigenvalue weighted by Crippen LogP contribution is -2.03. The molecule has 2 N–H and O–H groups in total. The molecule has 0 saturated heterocycles. The summed E-state index contributed by atoms with van der Waals surface area (Å²) < 4.78 is 0.648. The van der Waals surface area contributed by atoms with Crippen molar-refractivity contribution in [1.29, 1.82) is 0 Å². The number of halogens is 2. The van der Waals surface area contributed by atoms with Gasteiger partial charge in [0.25, 0.3) is 0 Å². The van der Waals surface area contributed by atoms with Crippen molar-refractivity contribution < 1.29 is 4.79 Å². The Labute approximate surface area is 119 Å². The summed E-state index contributed by atoms with van der Waals surface area (Å²) >= 11 is 9.28. The molecule has 4 heteroatoms. The first-order valence-electron chi connectivity index (χ1n) is 5.35. The van der Waals surface area contributed by atoms with Crippen molar-refractivity contribution >= 4 is 39.0 Å². The highest BCUT2D eigenvalue weighted by atomic mass is 79.9. The van der Waals surface area contributed by atoms with Gasteiger partial charge < -0.3 is 5.73 Å². The Balaban J connectivity index is 2.46. The molecule has 2 nitrogen and oxygen atoms in total. The zero-order chi connectivity index (χ0) is 13.3. The van der Waals surface area contributed by atoms with Gasteiger partial charge in [0.1, 0.15) is 0 Å². The summed E-state index contributed by atoms with van der Waals surface area (Å²) in [5.74, 6) is -0.0798. The van der Waals surface area contributed by atoms with E-state index in [4.69, 9.17) is 17.3 Å². The average molecular weight is 325 g/mol.